The van der Waals surface area contributed by atoms with E-state index in [2.05, 4.69) is 11.1 Å². The molecule has 0 fully saturated rings. The number of hydrogen-bond donors (Lipinski definition) is 0. The zero-order valence-corrected chi connectivity index (χ0v) is 14.9. The molecule has 0 radical (unpaired) electrons. The van der Waals surface area contributed by atoms with Crippen LogP contribution in [0.4, 0.5) is 10.1 Å². The number of pyridine rings is 1. The summed E-state index contributed by atoms with van der Waals surface area (Å²) in [6.07, 6.45) is 2.53. The molecule has 0 N–H and O–H groups in total. The van der Waals surface area contributed by atoms with Crippen LogP contribution >= 0.6 is 11.8 Å². The molecule has 3 nitrogen and oxygen atoms in total. The monoisotopic (exact) mass is 364 g/mol. The fourth-order valence-corrected chi connectivity index (χ4v) is 4.10. The molecular weight excluding hydrogens is 347 g/mol. The van der Waals surface area contributed by atoms with Gasteiger partial charge in [-0.1, -0.05) is 36.4 Å². The number of thioether (sulfide) groups is 1. The molecule has 1 amide bonds. The number of fused-ring (bicyclic) bond motifs is 1. The zero-order chi connectivity index (χ0) is 17.9. The van der Waals surface area contributed by atoms with Crippen LogP contribution in [0.2, 0.25) is 0 Å². The van der Waals surface area contributed by atoms with Crippen molar-refractivity contribution in [3.05, 3.63) is 89.4 Å². The average Bonchev–Trinajstić information content (AvgIpc) is 3.11. The van der Waals surface area contributed by atoms with Crippen molar-refractivity contribution in [2.24, 2.45) is 0 Å². The van der Waals surface area contributed by atoms with Crippen molar-refractivity contribution in [1.82, 2.24) is 4.98 Å². The van der Waals surface area contributed by atoms with Crippen LogP contribution in [0.5, 0.6) is 0 Å². The van der Waals surface area contributed by atoms with Crippen molar-refractivity contribution in [2.45, 2.75) is 17.2 Å². The molecule has 5 heteroatoms. The Bertz CT molecular complexity index is 960. The van der Waals surface area contributed by atoms with E-state index in [1.165, 1.54) is 23.4 Å². The maximum absolute atomic E-state index is 13.9. The van der Waals surface area contributed by atoms with Crippen molar-refractivity contribution in [1.29, 1.82) is 0 Å². The standard InChI is InChI=1S/C21H17FN2OS/c22-18-9-3-1-7-16(18)14-26-20-17(8-5-12-23-20)21(25)24-13-11-15-6-2-4-10-19(15)24/h1-10,12H,11,13-14H2. The van der Waals surface area contributed by atoms with E-state index in [-0.39, 0.29) is 11.7 Å². The van der Waals surface area contributed by atoms with Crippen molar-refractivity contribution in [2.75, 3.05) is 11.4 Å². The highest BCUT2D eigenvalue weighted by Crippen LogP contribution is 2.31. The van der Waals surface area contributed by atoms with E-state index in [9.17, 15) is 9.18 Å². The first-order chi connectivity index (χ1) is 12.7. The first-order valence-corrected chi connectivity index (χ1v) is 9.43. The van der Waals surface area contributed by atoms with Gasteiger partial charge in [-0.05, 0) is 41.8 Å². The fourth-order valence-electron chi connectivity index (χ4n) is 3.12. The molecule has 0 aliphatic carbocycles. The van der Waals surface area contributed by atoms with E-state index in [1.807, 2.05) is 24.3 Å². The number of amides is 1. The van der Waals surface area contributed by atoms with Gasteiger partial charge in [0.05, 0.1) is 5.56 Å². The molecule has 2 heterocycles. The van der Waals surface area contributed by atoms with Crippen LogP contribution in [-0.4, -0.2) is 17.4 Å². The number of hydrogen-bond acceptors (Lipinski definition) is 3. The van der Waals surface area contributed by atoms with E-state index in [0.29, 0.717) is 28.5 Å². The summed E-state index contributed by atoms with van der Waals surface area (Å²) in [5.74, 6) is 0.136. The summed E-state index contributed by atoms with van der Waals surface area (Å²) in [6, 6.07) is 18.2. The third-order valence-electron chi connectivity index (χ3n) is 4.46. The van der Waals surface area contributed by atoms with Gasteiger partial charge in [-0.2, -0.15) is 0 Å². The van der Waals surface area contributed by atoms with E-state index in [4.69, 9.17) is 0 Å². The van der Waals surface area contributed by atoms with E-state index >= 15 is 0 Å². The predicted octanol–water partition coefficient (Wildman–Crippen LogP) is 4.72. The summed E-state index contributed by atoms with van der Waals surface area (Å²) in [5.41, 5.74) is 3.32. The second kappa shape index (κ2) is 7.30. The van der Waals surface area contributed by atoms with Crippen LogP contribution in [0, 0.1) is 5.82 Å². The lowest BCUT2D eigenvalue weighted by molar-refractivity contribution is 0.0986. The Morgan fingerprint density at radius 2 is 1.88 bits per heavy atom. The third-order valence-corrected chi connectivity index (χ3v) is 5.51. The van der Waals surface area contributed by atoms with Gasteiger partial charge in [0.1, 0.15) is 10.8 Å². The van der Waals surface area contributed by atoms with Crippen LogP contribution < -0.4 is 4.90 Å². The lowest BCUT2D eigenvalue weighted by Gasteiger charge is -2.18. The molecule has 4 rings (SSSR count). The minimum absolute atomic E-state index is 0.0564. The molecule has 1 aliphatic heterocycles. The Hall–Kier alpha value is -2.66. The molecule has 0 atom stereocenters. The van der Waals surface area contributed by atoms with Gasteiger partial charge in [-0.3, -0.25) is 4.79 Å². The Morgan fingerprint density at radius 3 is 2.77 bits per heavy atom. The molecular formula is C21H17FN2OS. The molecule has 0 unspecified atom stereocenters. The van der Waals surface area contributed by atoms with Crippen LogP contribution in [0.15, 0.2) is 71.9 Å². The number of anilines is 1. The highest BCUT2D eigenvalue weighted by molar-refractivity contribution is 7.98. The number of nitrogens with zero attached hydrogens (tertiary/aromatic N) is 2. The Balaban J connectivity index is 1.58. The summed E-state index contributed by atoms with van der Waals surface area (Å²) >= 11 is 1.38. The van der Waals surface area contributed by atoms with Gasteiger partial charge in [-0.15, -0.1) is 11.8 Å². The lowest BCUT2D eigenvalue weighted by atomic mass is 10.2. The van der Waals surface area contributed by atoms with Crippen molar-refractivity contribution < 1.29 is 9.18 Å². The summed E-state index contributed by atoms with van der Waals surface area (Å²) in [5, 5.41) is 0.630. The van der Waals surface area contributed by atoms with Gasteiger partial charge in [0, 0.05) is 24.2 Å². The highest BCUT2D eigenvalue weighted by Gasteiger charge is 2.27. The fraction of sp³-hybridized carbons (Fsp3) is 0.143. The Morgan fingerprint density at radius 1 is 1.08 bits per heavy atom. The van der Waals surface area contributed by atoms with Crippen molar-refractivity contribution in [3.63, 3.8) is 0 Å². The molecule has 26 heavy (non-hydrogen) atoms. The summed E-state index contributed by atoms with van der Waals surface area (Å²) in [7, 11) is 0. The molecule has 1 aliphatic rings. The van der Waals surface area contributed by atoms with Gasteiger partial charge >= 0.3 is 0 Å². The smallest absolute Gasteiger partial charge is 0.261 e. The Labute approximate surface area is 155 Å². The molecule has 0 bridgehead atoms. The number of halogens is 1. The van der Waals surface area contributed by atoms with Gasteiger partial charge < -0.3 is 4.90 Å². The van der Waals surface area contributed by atoms with Crippen LogP contribution in [-0.2, 0) is 12.2 Å². The van der Waals surface area contributed by atoms with Crippen LogP contribution in [0.25, 0.3) is 0 Å². The average molecular weight is 364 g/mol. The minimum Gasteiger partial charge on any atom is -0.308 e. The molecule has 0 saturated heterocycles. The summed E-state index contributed by atoms with van der Waals surface area (Å²) in [6.45, 7) is 0.671. The Kier molecular flexibility index (Phi) is 4.71. The second-order valence-corrected chi connectivity index (χ2v) is 7.04. The third kappa shape index (κ3) is 3.22. The number of benzene rings is 2. The first kappa shape index (κ1) is 16.8. The minimum atomic E-state index is -0.239. The topological polar surface area (TPSA) is 33.2 Å². The lowest BCUT2D eigenvalue weighted by Crippen LogP contribution is -2.29. The molecule has 1 aromatic heterocycles. The predicted molar refractivity (Wildman–Crippen MR) is 102 cm³/mol. The number of carbonyl (C=O) groups excluding carboxylic acids is 1. The maximum Gasteiger partial charge on any atom is 0.261 e. The summed E-state index contributed by atoms with van der Waals surface area (Å²) in [4.78, 5) is 19.3. The summed E-state index contributed by atoms with van der Waals surface area (Å²) < 4.78 is 13.9. The number of rotatable bonds is 4. The van der Waals surface area contributed by atoms with E-state index in [1.54, 1.807) is 35.4 Å². The molecule has 3 aromatic rings. The molecule has 2 aromatic carbocycles. The van der Waals surface area contributed by atoms with Gasteiger partial charge in [0.15, 0.2) is 0 Å². The van der Waals surface area contributed by atoms with E-state index < -0.39 is 0 Å². The second-order valence-electron chi connectivity index (χ2n) is 6.07. The van der Waals surface area contributed by atoms with E-state index in [0.717, 1.165) is 12.1 Å². The van der Waals surface area contributed by atoms with Crippen LogP contribution in [0.3, 0.4) is 0 Å². The normalized spacial score (nSPS) is 12.9. The van der Waals surface area contributed by atoms with Crippen molar-refractivity contribution >= 4 is 23.4 Å². The number of carbonyl (C=O) groups is 1. The maximum atomic E-state index is 13.9. The zero-order valence-electron chi connectivity index (χ0n) is 14.1. The van der Waals surface area contributed by atoms with Gasteiger partial charge in [0.25, 0.3) is 5.91 Å². The van der Waals surface area contributed by atoms with Crippen molar-refractivity contribution in [3.8, 4) is 0 Å². The number of para-hydroxylation sites is 1. The SMILES string of the molecule is O=C(c1cccnc1SCc1ccccc1F)N1CCc2ccccc21. The quantitative estimate of drug-likeness (QED) is 0.628. The van der Waals surface area contributed by atoms with Gasteiger partial charge in [-0.25, -0.2) is 9.37 Å². The van der Waals surface area contributed by atoms with Gasteiger partial charge in [0.2, 0.25) is 0 Å². The molecule has 130 valence electrons. The highest BCUT2D eigenvalue weighted by atomic mass is 32.2. The van der Waals surface area contributed by atoms with Crippen LogP contribution in [0.1, 0.15) is 21.5 Å². The largest absolute Gasteiger partial charge is 0.308 e. The first-order valence-electron chi connectivity index (χ1n) is 8.45. The number of aromatic nitrogens is 1. The molecule has 0 spiro atoms. The molecule has 0 saturated carbocycles.